The lowest BCUT2D eigenvalue weighted by Crippen LogP contribution is -2.10. The molecular weight excluding hydrogens is 399 g/mol. The number of hydrogen-bond donors (Lipinski definition) is 2. The number of fused-ring (bicyclic) bond motifs is 1. The van der Waals surface area contributed by atoms with Crippen molar-refractivity contribution in [1.29, 1.82) is 0 Å². The minimum absolute atomic E-state index is 0.288. The van der Waals surface area contributed by atoms with Crippen molar-refractivity contribution in [2.45, 2.75) is 4.90 Å². The molecule has 8 heteroatoms. The Morgan fingerprint density at radius 1 is 0.857 bits per heavy atom. The number of halogens is 2. The van der Waals surface area contributed by atoms with Gasteiger partial charge < -0.3 is 5.32 Å². The van der Waals surface area contributed by atoms with Gasteiger partial charge in [-0.25, -0.2) is 18.6 Å². The Balaban J connectivity index is 1.72. The van der Waals surface area contributed by atoms with Crippen LogP contribution in [0.5, 0.6) is 0 Å². The van der Waals surface area contributed by atoms with Gasteiger partial charge in [0.05, 0.1) is 15.9 Å². The second kappa shape index (κ2) is 7.92. The van der Waals surface area contributed by atoms with Gasteiger partial charge in [0.2, 0.25) is 0 Å². The summed E-state index contributed by atoms with van der Waals surface area (Å²) in [5.74, 6) is 0.251. The van der Waals surface area contributed by atoms with Gasteiger partial charge in [-0.05, 0) is 54.6 Å². The van der Waals surface area contributed by atoms with E-state index in [0.717, 1.165) is 0 Å². The van der Waals surface area contributed by atoms with Gasteiger partial charge in [0.25, 0.3) is 0 Å². The normalized spacial score (nSPS) is 11.9. The molecule has 1 heterocycles. The summed E-state index contributed by atoms with van der Waals surface area (Å²) in [5.41, 5.74) is 1.80. The number of rotatable bonds is 5. The van der Waals surface area contributed by atoms with Gasteiger partial charge in [-0.15, -0.1) is 0 Å². The van der Waals surface area contributed by atoms with Crippen molar-refractivity contribution >= 4 is 50.9 Å². The van der Waals surface area contributed by atoms with Crippen LogP contribution in [0.15, 0.2) is 77.7 Å². The zero-order chi connectivity index (χ0) is 19.5. The molecule has 1 unspecified atom stereocenters. The van der Waals surface area contributed by atoms with E-state index in [-0.39, 0.29) is 11.6 Å². The summed E-state index contributed by atoms with van der Waals surface area (Å²) in [7, 11) is -1.58. The number of nitrogens with zero attached hydrogens (tertiary/aromatic N) is 2. The highest BCUT2D eigenvalue weighted by Gasteiger charge is 2.13. The Kier molecular flexibility index (Phi) is 5.18. The molecule has 2 N–H and O–H groups in total. The lowest BCUT2D eigenvalue weighted by molar-refractivity contribution is 0.628. The first-order valence-corrected chi connectivity index (χ1v) is 9.85. The van der Waals surface area contributed by atoms with E-state index >= 15 is 0 Å². The Morgan fingerprint density at radius 2 is 1.54 bits per heavy atom. The Labute approximate surface area is 168 Å². The molecule has 0 saturated carbocycles. The van der Waals surface area contributed by atoms with E-state index in [1.54, 1.807) is 36.4 Å². The lowest BCUT2D eigenvalue weighted by atomic mass is 10.3. The van der Waals surface area contributed by atoms with Gasteiger partial charge in [-0.3, -0.25) is 4.72 Å². The molecule has 0 aliphatic carbocycles. The third-order valence-electron chi connectivity index (χ3n) is 3.87. The molecule has 0 aliphatic heterocycles. The molecule has 3 aromatic carbocycles. The second-order valence-corrected chi connectivity index (χ2v) is 7.52. The van der Waals surface area contributed by atoms with Crippen LogP contribution in [0.3, 0.4) is 0 Å². The van der Waals surface area contributed by atoms with Crippen LogP contribution in [-0.2, 0) is 11.0 Å². The Hall–Kier alpha value is -3.03. The molecule has 4 aromatic rings. The topological polar surface area (TPSA) is 66.9 Å². The summed E-state index contributed by atoms with van der Waals surface area (Å²) in [5, 5.41) is 3.60. The maximum absolute atomic E-state index is 13.5. The zero-order valence-electron chi connectivity index (χ0n) is 14.4. The molecule has 0 saturated heterocycles. The van der Waals surface area contributed by atoms with Crippen LogP contribution in [0.2, 0.25) is 5.02 Å². The van der Waals surface area contributed by atoms with Gasteiger partial charge >= 0.3 is 0 Å². The minimum Gasteiger partial charge on any atom is -0.337 e. The van der Waals surface area contributed by atoms with E-state index in [4.69, 9.17) is 11.6 Å². The van der Waals surface area contributed by atoms with Crippen molar-refractivity contribution in [2.75, 3.05) is 10.0 Å². The van der Waals surface area contributed by atoms with Crippen LogP contribution in [0.1, 0.15) is 0 Å². The standard InChI is InChI=1S/C20H14ClFN4OS/c21-13-8-10-16(11-9-13)28(27)26-20-19(23-15-5-3-4-14(22)12-15)24-17-6-1-2-7-18(17)25-20/h1-12H,(H,23,24)(H,25,26). The van der Waals surface area contributed by atoms with E-state index in [2.05, 4.69) is 20.0 Å². The third kappa shape index (κ3) is 4.11. The van der Waals surface area contributed by atoms with Crippen molar-refractivity contribution in [3.8, 4) is 0 Å². The first-order chi connectivity index (χ1) is 13.6. The zero-order valence-corrected chi connectivity index (χ0v) is 16.0. The maximum Gasteiger partial charge on any atom is 0.182 e. The maximum atomic E-state index is 13.5. The van der Waals surface area contributed by atoms with E-state index in [0.29, 0.717) is 32.5 Å². The van der Waals surface area contributed by atoms with Crippen LogP contribution in [-0.4, -0.2) is 14.2 Å². The third-order valence-corrected chi connectivity index (χ3v) is 5.21. The highest BCUT2D eigenvalue weighted by atomic mass is 35.5. The molecule has 0 fully saturated rings. The highest BCUT2D eigenvalue weighted by Crippen LogP contribution is 2.26. The smallest absolute Gasteiger partial charge is 0.182 e. The van der Waals surface area contributed by atoms with E-state index in [1.165, 1.54) is 12.1 Å². The van der Waals surface area contributed by atoms with Gasteiger partial charge in [-0.1, -0.05) is 29.8 Å². The van der Waals surface area contributed by atoms with E-state index in [1.807, 2.05) is 24.3 Å². The second-order valence-electron chi connectivity index (χ2n) is 5.87. The van der Waals surface area contributed by atoms with E-state index in [9.17, 15) is 8.60 Å². The first-order valence-electron chi connectivity index (χ1n) is 8.32. The number of hydrogen-bond acceptors (Lipinski definition) is 4. The molecule has 4 rings (SSSR count). The molecule has 28 heavy (non-hydrogen) atoms. The monoisotopic (exact) mass is 412 g/mol. The Bertz CT molecular complexity index is 1170. The predicted octanol–water partition coefficient (Wildman–Crippen LogP) is 5.30. The van der Waals surface area contributed by atoms with Crippen LogP contribution in [0.4, 0.5) is 21.7 Å². The molecule has 0 aliphatic rings. The molecule has 5 nitrogen and oxygen atoms in total. The molecule has 0 amide bonds. The molecule has 140 valence electrons. The molecule has 0 radical (unpaired) electrons. The molecular formula is C20H14ClFN4OS. The minimum atomic E-state index is -1.58. The fourth-order valence-electron chi connectivity index (χ4n) is 2.57. The number of benzene rings is 3. The van der Waals surface area contributed by atoms with Crippen LogP contribution in [0, 0.1) is 5.82 Å². The van der Waals surface area contributed by atoms with Crippen LogP contribution < -0.4 is 10.0 Å². The molecule has 0 bridgehead atoms. The quantitative estimate of drug-likeness (QED) is 0.466. The van der Waals surface area contributed by atoms with Gasteiger partial charge in [0.15, 0.2) is 22.6 Å². The first kappa shape index (κ1) is 18.3. The summed E-state index contributed by atoms with van der Waals surface area (Å²) < 4.78 is 29.1. The largest absolute Gasteiger partial charge is 0.337 e. The summed E-state index contributed by atoms with van der Waals surface area (Å²) in [6, 6.07) is 20.0. The van der Waals surface area contributed by atoms with Crippen molar-refractivity contribution in [3.05, 3.63) is 83.6 Å². The van der Waals surface area contributed by atoms with Crippen molar-refractivity contribution in [3.63, 3.8) is 0 Å². The lowest BCUT2D eigenvalue weighted by Gasteiger charge is -2.13. The summed E-state index contributed by atoms with van der Waals surface area (Å²) in [6.07, 6.45) is 0. The predicted molar refractivity (Wildman–Crippen MR) is 111 cm³/mol. The van der Waals surface area contributed by atoms with Gasteiger partial charge in [0.1, 0.15) is 5.82 Å². The average Bonchev–Trinajstić information content (AvgIpc) is 2.69. The number of nitrogens with one attached hydrogen (secondary N) is 2. The van der Waals surface area contributed by atoms with Crippen LogP contribution in [0.25, 0.3) is 11.0 Å². The van der Waals surface area contributed by atoms with Crippen molar-refractivity contribution in [1.82, 2.24) is 9.97 Å². The van der Waals surface area contributed by atoms with Crippen molar-refractivity contribution < 1.29 is 8.60 Å². The number of para-hydroxylation sites is 2. The summed E-state index contributed by atoms with van der Waals surface area (Å²) in [4.78, 5) is 9.61. The summed E-state index contributed by atoms with van der Waals surface area (Å²) >= 11 is 5.89. The molecule has 1 atom stereocenters. The number of anilines is 3. The molecule has 1 aromatic heterocycles. The Morgan fingerprint density at radius 3 is 2.21 bits per heavy atom. The highest BCUT2D eigenvalue weighted by molar-refractivity contribution is 7.86. The van der Waals surface area contributed by atoms with Crippen molar-refractivity contribution in [2.24, 2.45) is 0 Å². The summed E-state index contributed by atoms with van der Waals surface area (Å²) in [6.45, 7) is 0. The van der Waals surface area contributed by atoms with Gasteiger partial charge in [0, 0.05) is 10.7 Å². The average molecular weight is 413 g/mol. The molecule has 0 spiro atoms. The fourth-order valence-corrected chi connectivity index (χ4v) is 3.51. The SMILES string of the molecule is O=S(Nc1nc2ccccc2nc1Nc1cccc(F)c1)c1ccc(Cl)cc1. The van der Waals surface area contributed by atoms with E-state index < -0.39 is 11.0 Å². The van der Waals surface area contributed by atoms with Gasteiger partial charge in [-0.2, -0.15) is 0 Å². The van der Waals surface area contributed by atoms with Crippen LogP contribution >= 0.6 is 11.6 Å². The fraction of sp³-hybridized carbons (Fsp3) is 0. The number of aromatic nitrogens is 2.